The highest BCUT2D eigenvalue weighted by Crippen LogP contribution is 2.48. The van der Waals surface area contributed by atoms with E-state index >= 15 is 13.2 Å². The predicted molar refractivity (Wildman–Crippen MR) is 159 cm³/mol. The maximum absolute atomic E-state index is 15.7. The standard InChI is InChI=1S/C34H47F5N2O3/c1-3-5-6-9-12-27-29(44-27)21-43-41-18-17-26(40-33(41)37)25-16-15-24-20-28(31(35)32(36)30(24)34(25,38)39)42-19-10-7-8-11-22(4-2)23-13-14-23/h17-18,20,22-23,25,27,29,33H,3-16,19,21H2,1-2H3. The Kier molecular flexibility index (Phi) is 11.3. The van der Waals surface area contributed by atoms with Gasteiger partial charge in [0.05, 0.1) is 29.9 Å². The highest BCUT2D eigenvalue weighted by Gasteiger charge is 2.51. The number of nitrogens with zero attached hydrogens (tertiary/aromatic N) is 2. The van der Waals surface area contributed by atoms with Crippen molar-refractivity contribution < 1.29 is 36.3 Å². The summed E-state index contributed by atoms with van der Waals surface area (Å²) in [5.74, 6) is -7.12. The first-order valence-electron chi connectivity index (χ1n) is 16.7. The van der Waals surface area contributed by atoms with Crippen LogP contribution in [0.4, 0.5) is 22.0 Å². The van der Waals surface area contributed by atoms with Crippen molar-refractivity contribution in [3.05, 3.63) is 41.1 Å². The number of rotatable bonds is 18. The number of benzene rings is 1. The van der Waals surface area contributed by atoms with E-state index in [1.807, 2.05) is 0 Å². The van der Waals surface area contributed by atoms with Crippen molar-refractivity contribution in [2.75, 3.05) is 13.2 Å². The van der Waals surface area contributed by atoms with Gasteiger partial charge in [0.2, 0.25) is 5.82 Å². The molecule has 0 N–H and O–H groups in total. The number of alkyl halides is 3. The number of hydroxylamine groups is 2. The van der Waals surface area contributed by atoms with Gasteiger partial charge in [-0.3, -0.25) is 4.84 Å². The van der Waals surface area contributed by atoms with Crippen LogP contribution in [0.5, 0.6) is 5.75 Å². The van der Waals surface area contributed by atoms with Crippen LogP contribution in [0.15, 0.2) is 23.3 Å². The van der Waals surface area contributed by atoms with Crippen molar-refractivity contribution in [3.63, 3.8) is 0 Å². The molecule has 0 spiro atoms. The number of allylic oxidation sites excluding steroid dienone is 1. The lowest BCUT2D eigenvalue weighted by atomic mass is 9.77. The summed E-state index contributed by atoms with van der Waals surface area (Å²) < 4.78 is 87.5. The molecule has 4 aliphatic rings. The molecule has 0 radical (unpaired) electrons. The van der Waals surface area contributed by atoms with Gasteiger partial charge >= 0.3 is 0 Å². The summed E-state index contributed by atoms with van der Waals surface area (Å²) in [4.78, 5) is 9.29. The summed E-state index contributed by atoms with van der Waals surface area (Å²) in [6.07, 6.45) is 13.5. The molecule has 1 aromatic carbocycles. The molecule has 5 atom stereocenters. The summed E-state index contributed by atoms with van der Waals surface area (Å²) in [6, 6.07) is 1.20. The minimum absolute atomic E-state index is 0.00574. The molecule has 246 valence electrons. The van der Waals surface area contributed by atoms with Crippen LogP contribution in [0.25, 0.3) is 0 Å². The van der Waals surface area contributed by atoms with Crippen LogP contribution in [-0.2, 0) is 21.9 Å². The third kappa shape index (κ3) is 7.95. The Labute approximate surface area is 258 Å². The second kappa shape index (κ2) is 14.9. The van der Waals surface area contributed by atoms with Crippen LogP contribution in [0.3, 0.4) is 0 Å². The van der Waals surface area contributed by atoms with Gasteiger partial charge in [-0.1, -0.05) is 65.2 Å². The number of epoxide rings is 1. The lowest BCUT2D eigenvalue weighted by molar-refractivity contribution is -0.182. The van der Waals surface area contributed by atoms with Gasteiger partial charge in [-0.15, -0.1) is 0 Å². The maximum Gasteiger partial charge on any atom is 0.288 e. The molecular weight excluding hydrogens is 579 g/mol. The Morgan fingerprint density at radius 2 is 1.82 bits per heavy atom. The molecule has 10 heteroatoms. The van der Waals surface area contributed by atoms with Crippen molar-refractivity contribution in [1.29, 1.82) is 0 Å². The predicted octanol–water partition coefficient (Wildman–Crippen LogP) is 9.19. The van der Waals surface area contributed by atoms with E-state index in [9.17, 15) is 8.78 Å². The summed E-state index contributed by atoms with van der Waals surface area (Å²) in [7, 11) is 0. The largest absolute Gasteiger partial charge is 0.490 e. The second-order valence-electron chi connectivity index (χ2n) is 12.9. The van der Waals surface area contributed by atoms with E-state index in [2.05, 4.69) is 18.8 Å². The Morgan fingerprint density at radius 1 is 1.02 bits per heavy atom. The first-order chi connectivity index (χ1) is 21.2. The lowest BCUT2D eigenvalue weighted by Gasteiger charge is -2.35. The van der Waals surface area contributed by atoms with Crippen molar-refractivity contribution in [1.82, 2.24) is 5.06 Å². The lowest BCUT2D eigenvalue weighted by Crippen LogP contribution is -2.40. The van der Waals surface area contributed by atoms with Gasteiger partial charge in [-0.25, -0.2) is 23.2 Å². The van der Waals surface area contributed by atoms with Crippen LogP contribution in [0, 0.1) is 29.4 Å². The summed E-state index contributed by atoms with van der Waals surface area (Å²) in [5, 5.41) is 0.868. The average Bonchev–Trinajstić information content (AvgIpc) is 3.93. The monoisotopic (exact) mass is 626 g/mol. The van der Waals surface area contributed by atoms with E-state index in [1.54, 1.807) is 0 Å². The SMILES string of the molecule is CCCCCCC1OC1CON1C=CC(C2CCc3cc(OCCCCCC(CC)C4CC4)c(F)c(F)c3C2(F)F)=NC1F. The van der Waals surface area contributed by atoms with Crippen molar-refractivity contribution in [3.8, 4) is 5.75 Å². The van der Waals surface area contributed by atoms with Crippen LogP contribution >= 0.6 is 0 Å². The third-order valence-electron chi connectivity index (χ3n) is 9.65. The normalized spacial score (nSPS) is 26.3. The summed E-state index contributed by atoms with van der Waals surface area (Å²) >= 11 is 0. The number of hydrogen-bond donors (Lipinski definition) is 0. The van der Waals surface area contributed by atoms with Gasteiger partial charge < -0.3 is 9.47 Å². The Morgan fingerprint density at radius 3 is 2.55 bits per heavy atom. The molecule has 5 unspecified atom stereocenters. The molecule has 1 saturated carbocycles. The Bertz CT molecular complexity index is 1170. The quantitative estimate of drug-likeness (QED) is 0.0706. The highest BCUT2D eigenvalue weighted by molar-refractivity contribution is 5.98. The fourth-order valence-electron chi connectivity index (χ4n) is 6.78. The first-order valence-corrected chi connectivity index (χ1v) is 16.7. The molecule has 1 saturated heterocycles. The van der Waals surface area contributed by atoms with Gasteiger partial charge in [0.15, 0.2) is 11.6 Å². The molecule has 44 heavy (non-hydrogen) atoms. The summed E-state index contributed by atoms with van der Waals surface area (Å²) in [5.41, 5.74) is -1.20. The minimum Gasteiger partial charge on any atom is -0.490 e. The molecule has 2 aliphatic heterocycles. The van der Waals surface area contributed by atoms with E-state index in [0.29, 0.717) is 6.42 Å². The minimum atomic E-state index is -3.78. The fourth-order valence-corrected chi connectivity index (χ4v) is 6.78. The Balaban J connectivity index is 1.12. The molecule has 5 nitrogen and oxygen atoms in total. The van der Waals surface area contributed by atoms with E-state index < -0.39 is 35.5 Å². The van der Waals surface area contributed by atoms with Gasteiger partial charge in [-0.05, 0) is 68.1 Å². The number of aryl methyl sites for hydroxylation is 1. The van der Waals surface area contributed by atoms with Crippen molar-refractivity contribution in [2.24, 2.45) is 22.7 Å². The Hall–Kier alpha value is -2.20. The zero-order valence-corrected chi connectivity index (χ0v) is 26.0. The molecule has 2 heterocycles. The van der Waals surface area contributed by atoms with Crippen LogP contribution < -0.4 is 4.74 Å². The molecular formula is C34H47F5N2O3. The van der Waals surface area contributed by atoms with Gasteiger partial charge in [0, 0.05) is 6.20 Å². The van der Waals surface area contributed by atoms with Crippen LogP contribution in [-0.4, -0.2) is 42.6 Å². The molecule has 2 fully saturated rings. The highest BCUT2D eigenvalue weighted by atomic mass is 19.3. The maximum atomic E-state index is 15.7. The topological polar surface area (TPSA) is 46.6 Å². The van der Waals surface area contributed by atoms with E-state index in [1.165, 1.54) is 50.4 Å². The van der Waals surface area contributed by atoms with Crippen molar-refractivity contribution >= 4 is 5.71 Å². The van der Waals surface area contributed by atoms with Crippen molar-refractivity contribution in [2.45, 2.75) is 128 Å². The zero-order valence-electron chi connectivity index (χ0n) is 26.0. The number of ether oxygens (including phenoxy) is 2. The number of unbranched alkanes of at least 4 members (excludes halogenated alkanes) is 5. The summed E-state index contributed by atoms with van der Waals surface area (Å²) in [6.45, 7) is 4.70. The molecule has 2 aliphatic carbocycles. The van der Waals surface area contributed by atoms with E-state index in [-0.39, 0.29) is 55.3 Å². The number of hydrogen-bond acceptors (Lipinski definition) is 5. The molecule has 1 aromatic rings. The zero-order chi connectivity index (χ0) is 31.3. The van der Waals surface area contributed by atoms with Gasteiger partial charge in [0.1, 0.15) is 12.7 Å². The number of aliphatic imine (C=N–C) groups is 1. The average molecular weight is 627 g/mol. The number of fused-ring (bicyclic) bond motifs is 1. The first kappa shape index (κ1) is 33.2. The van der Waals surface area contributed by atoms with Crippen LogP contribution in [0.2, 0.25) is 0 Å². The third-order valence-corrected chi connectivity index (χ3v) is 9.65. The molecule has 0 bridgehead atoms. The fraction of sp³-hybridized carbons (Fsp3) is 0.735. The smallest absolute Gasteiger partial charge is 0.288 e. The second-order valence-corrected chi connectivity index (χ2v) is 12.9. The molecule has 0 amide bonds. The van der Waals surface area contributed by atoms with E-state index in [0.717, 1.165) is 55.4 Å². The number of halogens is 5. The van der Waals surface area contributed by atoms with Gasteiger partial charge in [0.25, 0.3) is 12.3 Å². The van der Waals surface area contributed by atoms with Crippen LogP contribution in [0.1, 0.15) is 108 Å². The molecule has 5 rings (SSSR count). The van der Waals surface area contributed by atoms with E-state index in [4.69, 9.17) is 14.3 Å². The molecule has 0 aromatic heterocycles. The van der Waals surface area contributed by atoms with Gasteiger partial charge in [-0.2, -0.15) is 8.78 Å².